The van der Waals surface area contributed by atoms with Gasteiger partial charge < -0.3 is 9.88 Å². The molecule has 0 bridgehead atoms. The zero-order valence-electron chi connectivity index (χ0n) is 7.29. The van der Waals surface area contributed by atoms with E-state index in [-0.39, 0.29) is 5.56 Å². The largest absolute Gasteiger partial charge is 0.370 e. The highest BCUT2D eigenvalue weighted by Crippen LogP contribution is 2.27. The highest BCUT2D eigenvalue weighted by atomic mass is 16.1. The van der Waals surface area contributed by atoms with Gasteiger partial charge in [-0.2, -0.15) is 0 Å². The van der Waals surface area contributed by atoms with Gasteiger partial charge in [-0.1, -0.05) is 0 Å². The Hall–Kier alpha value is -1.25. The van der Waals surface area contributed by atoms with Crippen molar-refractivity contribution < 1.29 is 0 Å². The van der Waals surface area contributed by atoms with Gasteiger partial charge in [0.25, 0.3) is 0 Å². The second-order valence-corrected chi connectivity index (χ2v) is 3.37. The van der Waals surface area contributed by atoms with Gasteiger partial charge >= 0.3 is 0 Å². The predicted octanol–water partition coefficient (Wildman–Crippen LogP) is 0.756. The number of likely N-dealkylation sites (N-methyl/N-ethyl adjacent to an activating group) is 1. The van der Waals surface area contributed by atoms with E-state index >= 15 is 0 Å². The maximum absolute atomic E-state index is 11.0. The number of hydrogen-bond donors (Lipinski definition) is 1. The van der Waals surface area contributed by atoms with Crippen molar-refractivity contribution in [2.45, 2.75) is 19.4 Å². The number of H-pyrrole nitrogens is 1. The minimum absolute atomic E-state index is 0.00347. The van der Waals surface area contributed by atoms with Gasteiger partial charge in [-0.3, -0.25) is 4.79 Å². The maximum atomic E-state index is 11.0. The quantitative estimate of drug-likeness (QED) is 0.614. The molecular weight excluding hydrogens is 152 g/mol. The van der Waals surface area contributed by atoms with E-state index in [2.05, 4.69) is 23.9 Å². The van der Waals surface area contributed by atoms with E-state index in [1.165, 1.54) is 0 Å². The average molecular weight is 164 g/mol. The third-order valence-corrected chi connectivity index (χ3v) is 2.54. The minimum atomic E-state index is -0.00347. The Balaban J connectivity index is 2.54. The number of nitrogens with zero attached hydrogens (tertiary/aromatic N) is 1. The highest BCUT2D eigenvalue weighted by Gasteiger charge is 2.22. The summed E-state index contributed by atoms with van der Waals surface area (Å²) < 4.78 is 0. The molecule has 0 saturated carbocycles. The molecule has 0 fully saturated rings. The summed E-state index contributed by atoms with van der Waals surface area (Å²) in [6.07, 6.45) is 2.77. The molecule has 2 heterocycles. The van der Waals surface area contributed by atoms with Crippen LogP contribution in [0.5, 0.6) is 0 Å². The van der Waals surface area contributed by atoms with Gasteiger partial charge in [-0.15, -0.1) is 0 Å². The Morgan fingerprint density at radius 3 is 3.17 bits per heavy atom. The molecule has 1 atom stereocenters. The molecule has 2 rings (SSSR count). The SMILES string of the molecule is CC1Cc2cc(=O)[nH]cc2N1C. The summed E-state index contributed by atoms with van der Waals surface area (Å²) in [6, 6.07) is 2.20. The Labute approximate surface area is 71.0 Å². The van der Waals surface area contributed by atoms with Gasteiger partial charge in [0.15, 0.2) is 0 Å². The van der Waals surface area contributed by atoms with E-state index in [9.17, 15) is 4.79 Å². The van der Waals surface area contributed by atoms with Crippen LogP contribution in [0.15, 0.2) is 17.1 Å². The third-order valence-electron chi connectivity index (χ3n) is 2.54. The van der Waals surface area contributed by atoms with Gasteiger partial charge in [0, 0.05) is 25.4 Å². The van der Waals surface area contributed by atoms with Gasteiger partial charge in [-0.05, 0) is 18.9 Å². The zero-order chi connectivity index (χ0) is 8.72. The fourth-order valence-electron chi connectivity index (χ4n) is 1.69. The van der Waals surface area contributed by atoms with E-state index in [1.54, 1.807) is 12.3 Å². The van der Waals surface area contributed by atoms with Crippen molar-refractivity contribution in [1.82, 2.24) is 4.98 Å². The molecule has 3 nitrogen and oxygen atoms in total. The predicted molar refractivity (Wildman–Crippen MR) is 48.6 cm³/mol. The van der Waals surface area contributed by atoms with Crippen LogP contribution < -0.4 is 10.5 Å². The molecule has 12 heavy (non-hydrogen) atoms. The lowest BCUT2D eigenvalue weighted by molar-refractivity contribution is 0.732. The molecule has 1 N–H and O–H groups in total. The monoisotopic (exact) mass is 164 g/mol. The highest BCUT2D eigenvalue weighted by molar-refractivity contribution is 5.56. The molecular formula is C9H12N2O. The fourth-order valence-corrected chi connectivity index (χ4v) is 1.69. The lowest BCUT2D eigenvalue weighted by atomic mass is 10.2. The van der Waals surface area contributed by atoms with E-state index in [4.69, 9.17) is 0 Å². The van der Waals surface area contributed by atoms with Crippen LogP contribution in [0.2, 0.25) is 0 Å². The Bertz CT molecular complexity index is 356. The van der Waals surface area contributed by atoms with Crippen molar-refractivity contribution in [3.63, 3.8) is 0 Å². The molecule has 0 spiro atoms. The summed E-state index contributed by atoms with van der Waals surface area (Å²) in [5.41, 5.74) is 2.31. The number of nitrogens with one attached hydrogen (secondary N) is 1. The molecule has 1 aromatic rings. The topological polar surface area (TPSA) is 36.1 Å². The average Bonchev–Trinajstić information content (AvgIpc) is 2.28. The Kier molecular flexibility index (Phi) is 1.46. The summed E-state index contributed by atoms with van der Waals surface area (Å²) in [5.74, 6) is 0. The lowest BCUT2D eigenvalue weighted by Crippen LogP contribution is -2.23. The molecule has 64 valence electrons. The first-order valence-corrected chi connectivity index (χ1v) is 4.13. The molecule has 0 saturated heterocycles. The summed E-state index contributed by atoms with van der Waals surface area (Å²) >= 11 is 0. The zero-order valence-corrected chi connectivity index (χ0v) is 7.29. The first-order chi connectivity index (χ1) is 5.68. The van der Waals surface area contributed by atoms with E-state index in [1.807, 2.05) is 0 Å². The smallest absolute Gasteiger partial charge is 0.248 e. The first kappa shape index (κ1) is 7.40. The first-order valence-electron chi connectivity index (χ1n) is 4.13. The van der Waals surface area contributed by atoms with Gasteiger partial charge in [0.2, 0.25) is 5.56 Å². The maximum Gasteiger partial charge on any atom is 0.248 e. The van der Waals surface area contributed by atoms with Crippen LogP contribution in [0.3, 0.4) is 0 Å². The fraction of sp³-hybridized carbons (Fsp3) is 0.444. The molecule has 1 aliphatic heterocycles. The molecule has 1 unspecified atom stereocenters. The van der Waals surface area contributed by atoms with Gasteiger partial charge in [0.05, 0.1) is 5.69 Å². The summed E-state index contributed by atoms with van der Waals surface area (Å²) in [6.45, 7) is 2.16. The molecule has 1 aromatic heterocycles. The van der Waals surface area contributed by atoms with Crippen LogP contribution in [0.1, 0.15) is 12.5 Å². The lowest BCUT2D eigenvalue weighted by Gasteiger charge is -2.17. The van der Waals surface area contributed by atoms with E-state index in [0.29, 0.717) is 6.04 Å². The number of rotatable bonds is 0. The van der Waals surface area contributed by atoms with Crippen molar-refractivity contribution in [3.05, 3.63) is 28.2 Å². The third kappa shape index (κ3) is 0.932. The number of aromatic nitrogens is 1. The van der Waals surface area contributed by atoms with Crippen LogP contribution in [-0.2, 0) is 6.42 Å². The summed E-state index contributed by atoms with van der Waals surface area (Å²) in [5, 5.41) is 0. The van der Waals surface area contributed by atoms with Gasteiger partial charge in [0.1, 0.15) is 0 Å². The number of aromatic amines is 1. The number of hydrogen-bond acceptors (Lipinski definition) is 2. The van der Waals surface area contributed by atoms with Crippen LogP contribution in [0, 0.1) is 0 Å². The van der Waals surface area contributed by atoms with Crippen molar-refractivity contribution in [3.8, 4) is 0 Å². The second kappa shape index (κ2) is 2.37. The van der Waals surface area contributed by atoms with Crippen molar-refractivity contribution in [2.24, 2.45) is 0 Å². The molecule has 3 heteroatoms. The second-order valence-electron chi connectivity index (χ2n) is 3.37. The van der Waals surface area contributed by atoms with Crippen molar-refractivity contribution in [1.29, 1.82) is 0 Å². The number of pyridine rings is 1. The standard InChI is InChI=1S/C9H12N2O/c1-6-3-7-4-9(12)10-5-8(7)11(6)2/h4-6H,3H2,1-2H3,(H,10,12). The number of anilines is 1. The molecule has 0 radical (unpaired) electrons. The summed E-state index contributed by atoms with van der Waals surface area (Å²) in [4.78, 5) is 15.8. The van der Waals surface area contributed by atoms with Crippen LogP contribution in [0.4, 0.5) is 5.69 Å². The van der Waals surface area contributed by atoms with Crippen molar-refractivity contribution >= 4 is 5.69 Å². The minimum Gasteiger partial charge on any atom is -0.370 e. The van der Waals surface area contributed by atoms with Crippen LogP contribution in [-0.4, -0.2) is 18.1 Å². The molecule has 0 aliphatic carbocycles. The molecule has 1 aliphatic rings. The molecule has 0 amide bonds. The van der Waals surface area contributed by atoms with Gasteiger partial charge in [-0.25, -0.2) is 0 Å². The van der Waals surface area contributed by atoms with Crippen LogP contribution >= 0.6 is 0 Å². The van der Waals surface area contributed by atoms with Crippen LogP contribution in [0.25, 0.3) is 0 Å². The Morgan fingerprint density at radius 1 is 1.67 bits per heavy atom. The molecule has 0 aromatic carbocycles. The normalized spacial score (nSPS) is 21.2. The van der Waals surface area contributed by atoms with E-state index < -0.39 is 0 Å². The Morgan fingerprint density at radius 2 is 2.42 bits per heavy atom. The summed E-state index contributed by atoms with van der Waals surface area (Å²) in [7, 11) is 2.05. The van der Waals surface area contributed by atoms with E-state index in [0.717, 1.165) is 17.7 Å². The number of fused-ring (bicyclic) bond motifs is 1. The van der Waals surface area contributed by atoms with Crippen molar-refractivity contribution in [2.75, 3.05) is 11.9 Å².